The van der Waals surface area contributed by atoms with Crippen LogP contribution >= 0.6 is 23.2 Å². The van der Waals surface area contributed by atoms with Crippen LogP contribution in [0, 0.1) is 27.4 Å². The number of anilines is 2. The van der Waals surface area contributed by atoms with Crippen molar-refractivity contribution >= 4 is 52.0 Å². The summed E-state index contributed by atoms with van der Waals surface area (Å²) in [5.74, 6) is -2.17. The third-order valence-electron chi connectivity index (χ3n) is 6.06. The number of carbonyl (C=O) groups is 2. The highest BCUT2D eigenvalue weighted by Gasteiger charge is 2.42. The molecule has 4 aromatic carbocycles. The van der Waals surface area contributed by atoms with Crippen LogP contribution in [0.15, 0.2) is 97.1 Å². The minimum Gasteiger partial charge on any atom is -0.480 e. The molecule has 0 bridgehead atoms. The molecule has 42 heavy (non-hydrogen) atoms. The lowest BCUT2D eigenvalue weighted by atomic mass is 9.90. The molecule has 0 saturated heterocycles. The number of nitrogens with zero attached hydrogens (tertiary/aromatic N) is 3. The maximum atomic E-state index is 13.8. The lowest BCUT2D eigenvalue weighted by molar-refractivity contribution is -0.384. The van der Waals surface area contributed by atoms with Gasteiger partial charge in [0.2, 0.25) is 5.78 Å². The Hall–Kier alpha value is -4.91. The van der Waals surface area contributed by atoms with Gasteiger partial charge >= 0.3 is 0 Å². The molecule has 0 aliphatic rings. The first-order valence-corrected chi connectivity index (χ1v) is 13.2. The van der Waals surface area contributed by atoms with Gasteiger partial charge in [-0.1, -0.05) is 35.3 Å². The van der Waals surface area contributed by atoms with E-state index >= 15 is 0 Å². The number of halogens is 2. The Balaban J connectivity index is 1.53. The summed E-state index contributed by atoms with van der Waals surface area (Å²) in [5.41, 5.74) is -0.934. The Kier molecular flexibility index (Phi) is 9.11. The van der Waals surface area contributed by atoms with Crippen LogP contribution in [-0.2, 0) is 9.59 Å². The van der Waals surface area contributed by atoms with E-state index in [2.05, 4.69) is 0 Å². The molecule has 0 aliphatic heterocycles. The van der Waals surface area contributed by atoms with E-state index in [1.165, 1.54) is 43.0 Å². The quantitative estimate of drug-likeness (QED) is 0.102. The predicted molar refractivity (Wildman–Crippen MR) is 158 cm³/mol. The number of hydrogen-bond donors (Lipinski definition) is 0. The summed E-state index contributed by atoms with van der Waals surface area (Å²) >= 11 is 12.4. The summed E-state index contributed by atoms with van der Waals surface area (Å²) in [4.78, 5) is 39.0. The van der Waals surface area contributed by atoms with Gasteiger partial charge in [-0.2, -0.15) is 5.26 Å². The first kappa shape index (κ1) is 30.1. The standard InChI is InChI=1S/C31H23Cl2N3O6/c1-31(2,42-27-15-13-26(14-16-27)41-25-11-9-22(10-12-25)36(39)40)29(37)28(19-34)30(38)35(23-7-3-5-20(32)17-23)24-8-4-6-21(33)18-24/h3-18,28H,1-2H3. The van der Waals surface area contributed by atoms with Crippen LogP contribution in [0.2, 0.25) is 10.0 Å². The summed E-state index contributed by atoms with van der Waals surface area (Å²) in [6.45, 7) is 2.94. The normalized spacial score (nSPS) is 11.6. The van der Waals surface area contributed by atoms with E-state index in [9.17, 15) is 25.0 Å². The van der Waals surface area contributed by atoms with Gasteiger partial charge in [-0.3, -0.25) is 24.6 Å². The van der Waals surface area contributed by atoms with E-state index < -0.39 is 28.1 Å². The van der Waals surface area contributed by atoms with Crippen molar-refractivity contribution in [1.82, 2.24) is 0 Å². The number of ether oxygens (including phenoxy) is 2. The van der Waals surface area contributed by atoms with Crippen LogP contribution in [0.25, 0.3) is 0 Å². The molecule has 0 spiro atoms. The van der Waals surface area contributed by atoms with Gasteiger partial charge in [0.1, 0.15) is 17.2 Å². The molecule has 4 rings (SSSR count). The van der Waals surface area contributed by atoms with Gasteiger partial charge in [0.05, 0.1) is 22.4 Å². The highest BCUT2D eigenvalue weighted by Crippen LogP contribution is 2.33. The molecule has 1 unspecified atom stereocenters. The maximum absolute atomic E-state index is 13.8. The van der Waals surface area contributed by atoms with E-state index in [1.807, 2.05) is 6.07 Å². The molecule has 0 aliphatic carbocycles. The van der Waals surface area contributed by atoms with Crippen molar-refractivity contribution in [3.05, 3.63) is 117 Å². The summed E-state index contributed by atoms with van der Waals surface area (Å²) in [5, 5.41) is 21.5. The summed E-state index contributed by atoms with van der Waals surface area (Å²) < 4.78 is 11.6. The second-order valence-electron chi connectivity index (χ2n) is 9.50. The zero-order valence-corrected chi connectivity index (χ0v) is 23.9. The van der Waals surface area contributed by atoms with E-state index in [4.69, 9.17) is 32.7 Å². The van der Waals surface area contributed by atoms with Gasteiger partial charge in [-0.15, -0.1) is 0 Å². The molecule has 0 fully saturated rings. The van der Waals surface area contributed by atoms with Gasteiger partial charge in [-0.05, 0) is 86.6 Å². The number of benzene rings is 4. The van der Waals surface area contributed by atoms with Crippen LogP contribution in [-0.4, -0.2) is 22.2 Å². The Morgan fingerprint density at radius 1 is 0.857 bits per heavy atom. The van der Waals surface area contributed by atoms with E-state index in [0.717, 1.165) is 0 Å². The molecule has 1 atom stereocenters. The molecule has 1 amide bonds. The largest absolute Gasteiger partial charge is 0.480 e. The van der Waals surface area contributed by atoms with Crippen molar-refractivity contribution in [2.24, 2.45) is 5.92 Å². The highest BCUT2D eigenvalue weighted by atomic mass is 35.5. The van der Waals surface area contributed by atoms with Gasteiger partial charge < -0.3 is 9.47 Å². The average Bonchev–Trinajstić information content (AvgIpc) is 2.95. The number of hydrogen-bond acceptors (Lipinski definition) is 7. The molecule has 11 heteroatoms. The second-order valence-corrected chi connectivity index (χ2v) is 10.4. The fraction of sp³-hybridized carbons (Fsp3) is 0.129. The fourth-order valence-corrected chi connectivity index (χ4v) is 4.40. The SMILES string of the molecule is CC(C)(Oc1ccc(Oc2ccc([N+](=O)[O-])cc2)cc1)C(=O)C(C#N)C(=O)N(c1cccc(Cl)c1)c1cccc(Cl)c1. The van der Waals surface area contributed by atoms with Crippen LogP contribution in [0.5, 0.6) is 17.2 Å². The van der Waals surface area contributed by atoms with Crippen molar-refractivity contribution in [3.8, 4) is 23.3 Å². The Labute approximate surface area is 251 Å². The zero-order chi connectivity index (χ0) is 30.4. The Morgan fingerprint density at radius 2 is 1.33 bits per heavy atom. The molecule has 0 saturated carbocycles. The lowest BCUT2D eigenvalue weighted by Gasteiger charge is -2.30. The van der Waals surface area contributed by atoms with E-state index in [0.29, 0.717) is 32.9 Å². The number of carbonyl (C=O) groups excluding carboxylic acids is 2. The number of nitro groups is 1. The van der Waals surface area contributed by atoms with Crippen molar-refractivity contribution in [3.63, 3.8) is 0 Å². The van der Waals surface area contributed by atoms with Crippen LogP contribution in [0.3, 0.4) is 0 Å². The Morgan fingerprint density at radius 3 is 1.79 bits per heavy atom. The molecule has 212 valence electrons. The van der Waals surface area contributed by atoms with Gasteiger partial charge in [0, 0.05) is 22.2 Å². The summed E-state index contributed by atoms with van der Waals surface area (Å²) in [6, 6.07) is 26.6. The summed E-state index contributed by atoms with van der Waals surface area (Å²) in [7, 11) is 0. The number of non-ortho nitro benzene ring substituents is 1. The van der Waals surface area contributed by atoms with Gasteiger partial charge in [0.25, 0.3) is 11.6 Å². The molecule has 4 aromatic rings. The number of nitro benzene ring substituents is 1. The monoisotopic (exact) mass is 603 g/mol. The molecule has 0 aromatic heterocycles. The van der Waals surface area contributed by atoms with Crippen molar-refractivity contribution < 1.29 is 24.0 Å². The fourth-order valence-electron chi connectivity index (χ4n) is 4.03. The number of rotatable bonds is 10. The highest BCUT2D eigenvalue weighted by molar-refractivity contribution is 6.31. The molecule has 0 radical (unpaired) electrons. The van der Waals surface area contributed by atoms with Gasteiger partial charge in [-0.25, -0.2) is 0 Å². The Bertz CT molecular complexity index is 1620. The molecule has 0 heterocycles. The van der Waals surface area contributed by atoms with E-state index in [1.54, 1.807) is 72.8 Å². The van der Waals surface area contributed by atoms with E-state index in [-0.39, 0.29) is 11.4 Å². The number of ketones is 1. The van der Waals surface area contributed by atoms with Crippen molar-refractivity contribution in [1.29, 1.82) is 5.26 Å². The molecule has 9 nitrogen and oxygen atoms in total. The van der Waals surface area contributed by atoms with Crippen LogP contribution in [0.1, 0.15) is 13.8 Å². The molecule has 0 N–H and O–H groups in total. The first-order chi connectivity index (χ1) is 20.0. The predicted octanol–water partition coefficient (Wildman–Crippen LogP) is 7.93. The summed E-state index contributed by atoms with van der Waals surface area (Å²) in [6.07, 6.45) is 0. The average molecular weight is 604 g/mol. The lowest BCUT2D eigenvalue weighted by Crippen LogP contribution is -2.47. The number of Topliss-reactive ketones (excluding diaryl/α,β-unsaturated/α-hetero) is 1. The first-order valence-electron chi connectivity index (χ1n) is 12.5. The number of amides is 1. The van der Waals surface area contributed by atoms with Crippen LogP contribution < -0.4 is 14.4 Å². The minimum atomic E-state index is -1.72. The third-order valence-corrected chi connectivity index (χ3v) is 6.53. The van der Waals surface area contributed by atoms with Crippen LogP contribution in [0.4, 0.5) is 17.1 Å². The van der Waals surface area contributed by atoms with Crippen molar-refractivity contribution in [2.45, 2.75) is 19.4 Å². The molecular formula is C31H23Cl2N3O6. The topological polar surface area (TPSA) is 123 Å². The third kappa shape index (κ3) is 7.04. The second kappa shape index (κ2) is 12.7. The van der Waals surface area contributed by atoms with Gasteiger partial charge in [0.15, 0.2) is 11.5 Å². The maximum Gasteiger partial charge on any atom is 0.269 e. The minimum absolute atomic E-state index is 0.0598. The van der Waals surface area contributed by atoms with Crippen molar-refractivity contribution in [2.75, 3.05) is 4.90 Å². The smallest absolute Gasteiger partial charge is 0.269 e. The zero-order valence-electron chi connectivity index (χ0n) is 22.4. The number of nitriles is 1. The molecular weight excluding hydrogens is 581 g/mol.